The van der Waals surface area contributed by atoms with Crippen molar-refractivity contribution in [1.82, 2.24) is 9.97 Å². The molecule has 0 aliphatic heterocycles. The molecule has 1 aromatic carbocycles. The van der Waals surface area contributed by atoms with Crippen LogP contribution < -0.4 is 0 Å². The van der Waals surface area contributed by atoms with E-state index in [9.17, 15) is 0 Å². The molecule has 0 unspecified atom stereocenters. The Morgan fingerprint density at radius 2 is 1.93 bits per heavy atom. The van der Waals surface area contributed by atoms with Gasteiger partial charge in [0.25, 0.3) is 0 Å². The van der Waals surface area contributed by atoms with Crippen molar-refractivity contribution in [3.8, 4) is 11.3 Å². The van der Waals surface area contributed by atoms with E-state index < -0.39 is 0 Å². The van der Waals surface area contributed by atoms with E-state index in [0.717, 1.165) is 15.7 Å². The highest BCUT2D eigenvalue weighted by Crippen LogP contribution is 2.19. The highest BCUT2D eigenvalue weighted by Gasteiger charge is 1.99. The van der Waals surface area contributed by atoms with E-state index >= 15 is 0 Å². The molecular weight excluding hydrogens is 260 g/mol. The molecule has 0 fully saturated rings. The lowest BCUT2D eigenvalue weighted by atomic mass is 10.2. The van der Waals surface area contributed by atoms with Gasteiger partial charge in [0.2, 0.25) is 0 Å². The van der Waals surface area contributed by atoms with Crippen LogP contribution in [-0.2, 0) is 0 Å². The zero-order valence-electron chi connectivity index (χ0n) is 7.20. The molecular formula is C10H7BrN2S. The summed E-state index contributed by atoms with van der Waals surface area (Å²) in [5, 5.41) is 0. The summed E-state index contributed by atoms with van der Waals surface area (Å²) < 4.78 is 1.71. The smallest absolute Gasteiger partial charge is 0.129 e. The van der Waals surface area contributed by atoms with Gasteiger partial charge in [0.15, 0.2) is 0 Å². The Kier molecular flexibility index (Phi) is 2.74. The number of halogens is 1. The van der Waals surface area contributed by atoms with Crippen LogP contribution in [0, 0.1) is 4.64 Å². The largest absolute Gasteiger partial charge is 0.350 e. The number of hydrogen-bond donors (Lipinski definition) is 1. The third-order valence-electron chi connectivity index (χ3n) is 1.83. The first kappa shape index (κ1) is 9.55. The number of rotatable bonds is 1. The SMILES string of the molecule is S=c1[nH]ccnc1-c1ccc(Br)cc1. The number of nitrogens with zero attached hydrogens (tertiary/aromatic N) is 1. The van der Waals surface area contributed by atoms with E-state index in [0.29, 0.717) is 4.64 Å². The van der Waals surface area contributed by atoms with E-state index in [1.807, 2.05) is 24.3 Å². The van der Waals surface area contributed by atoms with Crippen LogP contribution in [0.25, 0.3) is 11.3 Å². The van der Waals surface area contributed by atoms with Gasteiger partial charge in [-0.15, -0.1) is 0 Å². The summed E-state index contributed by atoms with van der Waals surface area (Å²) in [4.78, 5) is 7.18. The summed E-state index contributed by atoms with van der Waals surface area (Å²) in [5.74, 6) is 0. The Labute approximate surface area is 95.2 Å². The van der Waals surface area contributed by atoms with Crippen LogP contribution in [0.5, 0.6) is 0 Å². The molecule has 1 aromatic heterocycles. The highest BCUT2D eigenvalue weighted by molar-refractivity contribution is 9.10. The number of H-pyrrole nitrogens is 1. The van der Waals surface area contributed by atoms with Gasteiger partial charge in [-0.05, 0) is 12.1 Å². The van der Waals surface area contributed by atoms with Crippen molar-refractivity contribution in [2.24, 2.45) is 0 Å². The first-order valence-electron chi connectivity index (χ1n) is 4.07. The fourth-order valence-corrected chi connectivity index (χ4v) is 1.67. The molecule has 1 heterocycles. The normalized spacial score (nSPS) is 10.1. The molecule has 1 N–H and O–H groups in total. The van der Waals surface area contributed by atoms with Crippen molar-refractivity contribution < 1.29 is 0 Å². The van der Waals surface area contributed by atoms with Gasteiger partial charge in [0, 0.05) is 22.4 Å². The van der Waals surface area contributed by atoms with Gasteiger partial charge in [-0.1, -0.05) is 40.3 Å². The lowest BCUT2D eigenvalue weighted by molar-refractivity contribution is 1.18. The average molecular weight is 267 g/mol. The zero-order chi connectivity index (χ0) is 9.97. The van der Waals surface area contributed by atoms with Crippen LogP contribution in [0.4, 0.5) is 0 Å². The maximum atomic E-state index is 5.14. The maximum Gasteiger partial charge on any atom is 0.129 e. The molecule has 2 rings (SSSR count). The lowest BCUT2D eigenvalue weighted by Gasteiger charge is -1.99. The van der Waals surface area contributed by atoms with Crippen molar-refractivity contribution in [2.45, 2.75) is 0 Å². The highest BCUT2D eigenvalue weighted by atomic mass is 79.9. The standard InChI is InChI=1S/C10H7BrN2S/c11-8-3-1-7(2-4-8)9-10(14)13-6-5-12-9/h1-6H,(H,13,14). The topological polar surface area (TPSA) is 28.7 Å². The molecule has 0 radical (unpaired) electrons. The van der Waals surface area contributed by atoms with Gasteiger partial charge in [0.1, 0.15) is 10.3 Å². The predicted molar refractivity (Wildman–Crippen MR) is 62.6 cm³/mol. The molecule has 0 aliphatic carbocycles. The molecule has 0 saturated carbocycles. The minimum Gasteiger partial charge on any atom is -0.350 e. The Balaban J connectivity index is 2.56. The second-order valence-corrected chi connectivity index (χ2v) is 4.10. The van der Waals surface area contributed by atoms with E-state index in [1.165, 1.54) is 0 Å². The van der Waals surface area contributed by atoms with Crippen molar-refractivity contribution in [3.63, 3.8) is 0 Å². The van der Waals surface area contributed by atoms with Crippen molar-refractivity contribution in [1.29, 1.82) is 0 Å². The molecule has 2 aromatic rings. The Morgan fingerprint density at radius 1 is 1.21 bits per heavy atom. The van der Waals surface area contributed by atoms with E-state index in [1.54, 1.807) is 12.4 Å². The molecule has 0 bridgehead atoms. The summed E-state index contributed by atoms with van der Waals surface area (Å²) in [6.07, 6.45) is 3.43. The van der Waals surface area contributed by atoms with Gasteiger partial charge >= 0.3 is 0 Å². The van der Waals surface area contributed by atoms with Gasteiger partial charge in [-0.2, -0.15) is 0 Å². The molecule has 4 heteroatoms. The van der Waals surface area contributed by atoms with Crippen molar-refractivity contribution >= 4 is 28.1 Å². The third kappa shape index (κ3) is 1.91. The quantitative estimate of drug-likeness (QED) is 0.800. The summed E-state index contributed by atoms with van der Waals surface area (Å²) in [7, 11) is 0. The fraction of sp³-hybridized carbons (Fsp3) is 0. The number of aromatic amines is 1. The summed E-state index contributed by atoms with van der Waals surface area (Å²) >= 11 is 8.52. The predicted octanol–water partition coefficient (Wildman–Crippen LogP) is 3.57. The maximum absolute atomic E-state index is 5.14. The summed E-state index contributed by atoms with van der Waals surface area (Å²) in [5.41, 5.74) is 1.84. The monoisotopic (exact) mass is 266 g/mol. The third-order valence-corrected chi connectivity index (χ3v) is 2.67. The fourth-order valence-electron chi connectivity index (χ4n) is 1.17. The second-order valence-electron chi connectivity index (χ2n) is 2.77. The molecule has 0 amide bonds. The van der Waals surface area contributed by atoms with E-state index in [4.69, 9.17) is 12.2 Å². The molecule has 0 spiro atoms. The molecule has 0 atom stereocenters. The number of aromatic nitrogens is 2. The van der Waals surface area contributed by atoms with Crippen molar-refractivity contribution in [3.05, 3.63) is 45.8 Å². The Morgan fingerprint density at radius 3 is 2.57 bits per heavy atom. The van der Waals surface area contributed by atoms with Crippen LogP contribution in [0.1, 0.15) is 0 Å². The van der Waals surface area contributed by atoms with Crippen LogP contribution in [-0.4, -0.2) is 9.97 Å². The Bertz CT molecular complexity index is 490. The number of benzene rings is 1. The van der Waals surface area contributed by atoms with Gasteiger partial charge in [-0.25, -0.2) is 0 Å². The minimum absolute atomic E-state index is 0.662. The lowest BCUT2D eigenvalue weighted by Crippen LogP contribution is -1.86. The summed E-state index contributed by atoms with van der Waals surface area (Å²) in [6, 6.07) is 7.91. The average Bonchev–Trinajstić information content (AvgIpc) is 2.20. The van der Waals surface area contributed by atoms with Gasteiger partial charge in [0.05, 0.1) is 0 Å². The number of nitrogens with one attached hydrogen (secondary N) is 1. The zero-order valence-corrected chi connectivity index (χ0v) is 9.60. The van der Waals surface area contributed by atoms with Gasteiger partial charge < -0.3 is 4.98 Å². The number of hydrogen-bond acceptors (Lipinski definition) is 2. The molecule has 14 heavy (non-hydrogen) atoms. The first-order chi connectivity index (χ1) is 6.77. The van der Waals surface area contributed by atoms with E-state index in [-0.39, 0.29) is 0 Å². The molecule has 2 nitrogen and oxygen atoms in total. The molecule has 70 valence electrons. The summed E-state index contributed by atoms with van der Waals surface area (Å²) in [6.45, 7) is 0. The van der Waals surface area contributed by atoms with Crippen LogP contribution in [0.2, 0.25) is 0 Å². The second kappa shape index (κ2) is 4.02. The minimum atomic E-state index is 0.662. The van der Waals surface area contributed by atoms with Crippen LogP contribution >= 0.6 is 28.1 Å². The Hall–Kier alpha value is -1.00. The van der Waals surface area contributed by atoms with Crippen LogP contribution in [0.15, 0.2) is 41.1 Å². The van der Waals surface area contributed by atoms with Crippen molar-refractivity contribution in [2.75, 3.05) is 0 Å². The van der Waals surface area contributed by atoms with Gasteiger partial charge in [-0.3, -0.25) is 4.98 Å². The van der Waals surface area contributed by atoms with Crippen LogP contribution in [0.3, 0.4) is 0 Å². The molecule has 0 aliphatic rings. The first-order valence-corrected chi connectivity index (χ1v) is 5.27. The molecule has 0 saturated heterocycles. The van der Waals surface area contributed by atoms with E-state index in [2.05, 4.69) is 25.9 Å².